The molecule has 0 bridgehead atoms. The number of rotatable bonds is 5. The summed E-state index contributed by atoms with van der Waals surface area (Å²) in [5.41, 5.74) is -1.43. The number of aromatic nitrogens is 5. The molecule has 0 aliphatic heterocycles. The van der Waals surface area contributed by atoms with Crippen molar-refractivity contribution in [2.24, 2.45) is 0 Å². The predicted octanol–water partition coefficient (Wildman–Crippen LogP) is 3.19. The van der Waals surface area contributed by atoms with Crippen LogP contribution in [0, 0.1) is 17.5 Å². The van der Waals surface area contributed by atoms with E-state index in [2.05, 4.69) is 15.2 Å². The van der Waals surface area contributed by atoms with Crippen molar-refractivity contribution in [1.82, 2.24) is 24.5 Å². The first-order valence-electron chi connectivity index (χ1n) is 8.51. The highest BCUT2D eigenvalue weighted by atomic mass is 19.1. The zero-order valence-corrected chi connectivity index (χ0v) is 14.8. The predicted molar refractivity (Wildman–Crippen MR) is 94.7 cm³/mol. The van der Waals surface area contributed by atoms with Crippen molar-refractivity contribution in [2.45, 2.75) is 25.1 Å². The molecule has 4 rings (SSSR count). The molecule has 9 heteroatoms. The van der Waals surface area contributed by atoms with Gasteiger partial charge in [0.05, 0.1) is 18.1 Å². The first-order valence-corrected chi connectivity index (χ1v) is 8.51. The summed E-state index contributed by atoms with van der Waals surface area (Å²) in [7, 11) is 0. The third-order valence-corrected chi connectivity index (χ3v) is 4.84. The fourth-order valence-electron chi connectivity index (χ4n) is 3.28. The van der Waals surface area contributed by atoms with E-state index in [-0.39, 0.29) is 12.1 Å². The molecule has 2 aromatic heterocycles. The highest BCUT2D eigenvalue weighted by Gasteiger charge is 2.40. The Labute approximate surface area is 157 Å². The summed E-state index contributed by atoms with van der Waals surface area (Å²) in [5, 5.41) is 20.4. The summed E-state index contributed by atoms with van der Waals surface area (Å²) in [5.74, 6) is -2.06. The van der Waals surface area contributed by atoms with E-state index < -0.39 is 29.1 Å². The van der Waals surface area contributed by atoms with Crippen LogP contribution in [0.4, 0.5) is 13.2 Å². The highest BCUT2D eigenvalue weighted by Crippen LogP contribution is 2.37. The maximum atomic E-state index is 14.6. The molecule has 1 N–H and O–H groups in total. The van der Waals surface area contributed by atoms with Gasteiger partial charge in [-0.2, -0.15) is 10.2 Å². The Bertz CT molecular complexity index is 1130. The van der Waals surface area contributed by atoms with Gasteiger partial charge in [0.25, 0.3) is 0 Å². The molecule has 0 aliphatic carbocycles. The van der Waals surface area contributed by atoms with Gasteiger partial charge in [-0.15, -0.1) is 0 Å². The number of halogens is 3. The summed E-state index contributed by atoms with van der Waals surface area (Å²) < 4.78 is 44.3. The average molecular weight is 387 g/mol. The van der Waals surface area contributed by atoms with Crippen molar-refractivity contribution in [1.29, 1.82) is 0 Å². The van der Waals surface area contributed by atoms with Crippen LogP contribution in [-0.4, -0.2) is 29.7 Å². The van der Waals surface area contributed by atoms with Crippen LogP contribution < -0.4 is 0 Å². The average Bonchev–Trinajstić information content (AvgIpc) is 3.29. The van der Waals surface area contributed by atoms with Crippen LogP contribution in [0.3, 0.4) is 0 Å². The topological polar surface area (TPSA) is 68.8 Å². The number of hydrogen-bond acceptors (Lipinski definition) is 4. The molecular formula is C19H16F3N5O. The fourth-order valence-corrected chi connectivity index (χ4v) is 3.28. The number of hydrogen-bond donors (Lipinski definition) is 1. The standard InChI is InChI=1S/C19H16F3N5O/c1-12(27-8-13-6-14(20)3-5-18(13)25-27)19(28,9-26-11-23-10-24-26)16-4-2-15(21)7-17(16)22/h2-8,10-12,28H,9H2,1H3/t12-,19-/m1/s1. The van der Waals surface area contributed by atoms with Crippen LogP contribution in [0.15, 0.2) is 55.2 Å². The van der Waals surface area contributed by atoms with E-state index in [1.165, 1.54) is 46.3 Å². The second kappa shape index (κ2) is 6.75. The Hall–Kier alpha value is -3.20. The van der Waals surface area contributed by atoms with Gasteiger partial charge in [-0.05, 0) is 31.2 Å². The Morgan fingerprint density at radius 1 is 1.11 bits per heavy atom. The second-order valence-corrected chi connectivity index (χ2v) is 6.63. The fraction of sp³-hybridized carbons (Fsp3) is 0.211. The minimum atomic E-state index is -1.84. The molecule has 0 amide bonds. The number of fused-ring (bicyclic) bond motifs is 1. The highest BCUT2D eigenvalue weighted by molar-refractivity contribution is 5.77. The maximum absolute atomic E-state index is 14.6. The van der Waals surface area contributed by atoms with Gasteiger partial charge in [0.1, 0.15) is 35.7 Å². The van der Waals surface area contributed by atoms with E-state index in [0.717, 1.165) is 6.07 Å². The maximum Gasteiger partial charge on any atom is 0.137 e. The van der Waals surface area contributed by atoms with Gasteiger partial charge in [-0.1, -0.05) is 6.07 Å². The van der Waals surface area contributed by atoms with Crippen LogP contribution in [0.1, 0.15) is 18.5 Å². The van der Waals surface area contributed by atoms with Crippen LogP contribution >= 0.6 is 0 Å². The number of benzene rings is 2. The largest absolute Gasteiger partial charge is 0.381 e. The molecule has 0 aliphatic rings. The van der Waals surface area contributed by atoms with Crippen molar-refractivity contribution in [2.75, 3.05) is 0 Å². The lowest BCUT2D eigenvalue weighted by molar-refractivity contribution is -0.0366. The summed E-state index contributed by atoms with van der Waals surface area (Å²) in [4.78, 5) is 3.84. The van der Waals surface area contributed by atoms with E-state index in [4.69, 9.17) is 0 Å². The molecule has 144 valence electrons. The molecule has 2 aromatic carbocycles. The van der Waals surface area contributed by atoms with Crippen LogP contribution in [-0.2, 0) is 12.1 Å². The molecule has 0 spiro atoms. The summed E-state index contributed by atoms with van der Waals surface area (Å²) >= 11 is 0. The lowest BCUT2D eigenvalue weighted by Gasteiger charge is -2.34. The van der Waals surface area contributed by atoms with E-state index in [1.54, 1.807) is 13.1 Å². The third-order valence-electron chi connectivity index (χ3n) is 4.84. The first kappa shape index (κ1) is 18.2. The van der Waals surface area contributed by atoms with Gasteiger partial charge in [0.15, 0.2) is 0 Å². The molecular weight excluding hydrogens is 371 g/mol. The second-order valence-electron chi connectivity index (χ2n) is 6.63. The third kappa shape index (κ3) is 3.13. The lowest BCUT2D eigenvalue weighted by Crippen LogP contribution is -2.40. The molecule has 4 aromatic rings. The van der Waals surface area contributed by atoms with E-state index in [9.17, 15) is 18.3 Å². The lowest BCUT2D eigenvalue weighted by atomic mass is 9.86. The van der Waals surface area contributed by atoms with Crippen molar-refractivity contribution in [3.63, 3.8) is 0 Å². The van der Waals surface area contributed by atoms with Gasteiger partial charge in [0, 0.05) is 23.2 Å². The van der Waals surface area contributed by atoms with Crippen LogP contribution in [0.25, 0.3) is 10.9 Å². The van der Waals surface area contributed by atoms with Gasteiger partial charge >= 0.3 is 0 Å². The van der Waals surface area contributed by atoms with Crippen molar-refractivity contribution >= 4 is 10.9 Å². The van der Waals surface area contributed by atoms with E-state index in [1.807, 2.05) is 0 Å². The Morgan fingerprint density at radius 2 is 1.86 bits per heavy atom. The van der Waals surface area contributed by atoms with Crippen molar-refractivity contribution in [3.8, 4) is 0 Å². The van der Waals surface area contributed by atoms with Crippen molar-refractivity contribution in [3.05, 3.63) is 78.3 Å². The molecule has 2 heterocycles. The van der Waals surface area contributed by atoms with E-state index >= 15 is 0 Å². The molecule has 28 heavy (non-hydrogen) atoms. The molecule has 0 saturated carbocycles. The van der Waals surface area contributed by atoms with Gasteiger partial charge in [-0.3, -0.25) is 4.68 Å². The Kier molecular flexibility index (Phi) is 4.38. The summed E-state index contributed by atoms with van der Waals surface area (Å²) in [6.07, 6.45) is 4.24. The normalized spacial score (nSPS) is 14.9. The number of nitrogens with zero attached hydrogens (tertiary/aromatic N) is 5. The monoisotopic (exact) mass is 387 g/mol. The summed E-state index contributed by atoms with van der Waals surface area (Å²) in [6, 6.07) is 6.30. The zero-order chi connectivity index (χ0) is 19.9. The molecule has 6 nitrogen and oxygen atoms in total. The smallest absolute Gasteiger partial charge is 0.137 e. The SMILES string of the molecule is C[C@@H](n1cc2cc(F)ccc2n1)[C@](O)(Cn1cncn1)c1ccc(F)cc1F. The Morgan fingerprint density at radius 3 is 2.57 bits per heavy atom. The summed E-state index contributed by atoms with van der Waals surface area (Å²) in [6.45, 7) is 1.49. The van der Waals surface area contributed by atoms with Crippen LogP contribution in [0.2, 0.25) is 0 Å². The Balaban J connectivity index is 1.83. The zero-order valence-electron chi connectivity index (χ0n) is 14.8. The van der Waals surface area contributed by atoms with Gasteiger partial charge in [-0.25, -0.2) is 22.8 Å². The van der Waals surface area contributed by atoms with Crippen molar-refractivity contribution < 1.29 is 18.3 Å². The molecule has 0 radical (unpaired) electrons. The molecule has 0 unspecified atom stereocenters. The molecule has 0 fully saturated rings. The number of aliphatic hydroxyl groups is 1. The van der Waals surface area contributed by atoms with Gasteiger partial charge in [0.2, 0.25) is 0 Å². The minimum absolute atomic E-state index is 0.109. The first-order chi connectivity index (χ1) is 13.4. The van der Waals surface area contributed by atoms with Gasteiger partial charge < -0.3 is 5.11 Å². The quantitative estimate of drug-likeness (QED) is 0.571. The molecule has 2 atom stereocenters. The molecule has 0 saturated heterocycles. The minimum Gasteiger partial charge on any atom is -0.381 e. The van der Waals surface area contributed by atoms with E-state index in [0.29, 0.717) is 17.0 Å². The van der Waals surface area contributed by atoms with Crippen LogP contribution in [0.5, 0.6) is 0 Å².